The van der Waals surface area contributed by atoms with Crippen LogP contribution in [0.2, 0.25) is 0 Å². The molecule has 2 nitrogen and oxygen atoms in total. The summed E-state index contributed by atoms with van der Waals surface area (Å²) in [5, 5.41) is 0. The molecule has 2 unspecified atom stereocenters. The molecule has 1 heterocycles. The van der Waals surface area contributed by atoms with Crippen LogP contribution < -0.4 is 4.57 Å². The Kier molecular flexibility index (Phi) is 13.9. The first-order chi connectivity index (χ1) is 19.0. The molecule has 0 bridgehead atoms. The van der Waals surface area contributed by atoms with E-state index in [9.17, 15) is 0 Å². The van der Waals surface area contributed by atoms with Crippen LogP contribution in [0.4, 0.5) is 0 Å². The minimum absolute atomic E-state index is 0.0108. The number of imidazole rings is 1. The molecule has 0 saturated carbocycles. The van der Waals surface area contributed by atoms with Gasteiger partial charge in [-0.1, -0.05) is 159 Å². The highest BCUT2D eigenvalue weighted by Crippen LogP contribution is 2.42. The summed E-state index contributed by atoms with van der Waals surface area (Å²) in [7, 11) is 0. The van der Waals surface area contributed by atoms with Gasteiger partial charge in [-0.2, -0.15) is 0 Å². The normalized spacial score (nSPS) is 14.0. The third-order valence-corrected chi connectivity index (χ3v) is 8.68. The van der Waals surface area contributed by atoms with Crippen LogP contribution in [-0.4, -0.2) is 4.57 Å². The van der Waals surface area contributed by atoms with Crippen molar-refractivity contribution in [1.82, 2.24) is 4.57 Å². The van der Waals surface area contributed by atoms with Gasteiger partial charge in [0.05, 0.1) is 6.54 Å². The molecule has 0 amide bonds. The lowest BCUT2D eigenvalue weighted by Crippen LogP contribution is -2.40. The Morgan fingerprint density at radius 1 is 0.692 bits per heavy atom. The molecule has 0 aliphatic heterocycles. The van der Waals surface area contributed by atoms with Gasteiger partial charge in [-0.3, -0.25) is 0 Å². The van der Waals surface area contributed by atoms with E-state index in [0.717, 1.165) is 13.0 Å². The van der Waals surface area contributed by atoms with E-state index in [-0.39, 0.29) is 5.41 Å². The lowest BCUT2D eigenvalue weighted by atomic mass is 9.68. The molecule has 0 aliphatic rings. The molecule has 1 aromatic heterocycles. The maximum atomic E-state index is 2.50. The molecule has 3 aromatic rings. The number of rotatable bonds is 20. The maximum absolute atomic E-state index is 2.50. The van der Waals surface area contributed by atoms with Crippen molar-refractivity contribution >= 4 is 0 Å². The molecule has 0 saturated heterocycles. The number of benzene rings is 2. The third-order valence-electron chi connectivity index (χ3n) is 8.68. The van der Waals surface area contributed by atoms with Crippen LogP contribution in [0.1, 0.15) is 128 Å². The third kappa shape index (κ3) is 10.3. The number of hydrogen-bond acceptors (Lipinski definition) is 0. The highest BCUT2D eigenvalue weighted by molar-refractivity contribution is 5.31. The van der Waals surface area contributed by atoms with Crippen LogP contribution in [0.3, 0.4) is 0 Å². The maximum Gasteiger partial charge on any atom is 0.244 e. The standard InChI is InChI=1S/C37H57N2/c1-5-6-7-8-9-10-11-12-13-14-15-16-23-28-38-29-30-39(32-38)36(33(2)3)37(4,35-26-21-18-22-27-35)31-34-24-19-17-20-25-34/h17-22,24-27,29-30,32-33,36H,5-16,23,28,31H2,1-4H3/q+1. The van der Waals surface area contributed by atoms with Gasteiger partial charge in [0.2, 0.25) is 6.33 Å². The highest BCUT2D eigenvalue weighted by Gasteiger charge is 2.42. The van der Waals surface area contributed by atoms with Gasteiger partial charge >= 0.3 is 0 Å². The average molecular weight is 530 g/mol. The molecule has 2 aromatic carbocycles. The van der Waals surface area contributed by atoms with E-state index in [1.807, 2.05) is 0 Å². The first kappa shape index (κ1) is 31.2. The summed E-state index contributed by atoms with van der Waals surface area (Å²) < 4.78 is 4.92. The average Bonchev–Trinajstić information content (AvgIpc) is 3.40. The fourth-order valence-electron chi connectivity index (χ4n) is 6.64. The van der Waals surface area contributed by atoms with Gasteiger partial charge in [-0.05, 0) is 36.3 Å². The van der Waals surface area contributed by atoms with Gasteiger partial charge in [-0.25, -0.2) is 9.13 Å². The van der Waals surface area contributed by atoms with Crippen molar-refractivity contribution in [1.29, 1.82) is 0 Å². The molecule has 3 rings (SSSR count). The molecule has 0 fully saturated rings. The molecule has 39 heavy (non-hydrogen) atoms. The molecule has 0 aliphatic carbocycles. The van der Waals surface area contributed by atoms with E-state index in [4.69, 9.17) is 0 Å². The molecule has 0 N–H and O–H groups in total. The number of hydrogen-bond donors (Lipinski definition) is 0. The van der Waals surface area contributed by atoms with Crippen LogP contribution in [0, 0.1) is 5.92 Å². The van der Waals surface area contributed by atoms with E-state index in [0.29, 0.717) is 12.0 Å². The van der Waals surface area contributed by atoms with E-state index in [1.165, 1.54) is 94.6 Å². The molecule has 2 heteroatoms. The van der Waals surface area contributed by atoms with Crippen LogP contribution in [0.25, 0.3) is 0 Å². The zero-order valence-electron chi connectivity index (χ0n) is 25.7. The summed E-state index contributed by atoms with van der Waals surface area (Å²) in [5.41, 5.74) is 2.81. The number of nitrogens with zero attached hydrogens (tertiary/aromatic N) is 2. The molecular formula is C37H57N2+. The summed E-state index contributed by atoms with van der Waals surface area (Å²) in [4.78, 5) is 0. The van der Waals surface area contributed by atoms with Crippen molar-refractivity contribution in [3.8, 4) is 0 Å². The second-order valence-electron chi connectivity index (χ2n) is 12.5. The van der Waals surface area contributed by atoms with Crippen LogP contribution >= 0.6 is 0 Å². The summed E-state index contributed by atoms with van der Waals surface area (Å²) in [6.45, 7) is 10.7. The van der Waals surface area contributed by atoms with Crippen molar-refractivity contribution in [2.24, 2.45) is 5.92 Å². The molecule has 214 valence electrons. The van der Waals surface area contributed by atoms with Gasteiger partial charge in [0.15, 0.2) is 0 Å². The van der Waals surface area contributed by atoms with Crippen LogP contribution in [-0.2, 0) is 18.4 Å². The SMILES string of the molecule is CCCCCCCCCCCCCCC[n+]1ccn(C(C(C)C)C(C)(Cc2ccccc2)c2ccccc2)c1. The Balaban J connectivity index is 1.50. The monoisotopic (exact) mass is 529 g/mol. The van der Waals surface area contributed by atoms with E-state index >= 15 is 0 Å². The summed E-state index contributed by atoms with van der Waals surface area (Å²) >= 11 is 0. The lowest BCUT2D eigenvalue weighted by molar-refractivity contribution is -0.697. The van der Waals surface area contributed by atoms with Crippen molar-refractivity contribution in [3.05, 3.63) is 90.5 Å². The van der Waals surface area contributed by atoms with Gasteiger partial charge in [0.25, 0.3) is 0 Å². The Labute approximate surface area is 240 Å². The number of unbranched alkanes of at least 4 members (excludes halogenated alkanes) is 12. The second-order valence-corrected chi connectivity index (χ2v) is 12.5. The fraction of sp³-hybridized carbons (Fsp3) is 0.595. The zero-order valence-corrected chi connectivity index (χ0v) is 25.7. The lowest BCUT2D eigenvalue weighted by Gasteiger charge is -2.38. The van der Waals surface area contributed by atoms with Gasteiger partial charge in [-0.15, -0.1) is 0 Å². The minimum Gasteiger partial charge on any atom is -0.237 e. The van der Waals surface area contributed by atoms with Crippen molar-refractivity contribution in [2.45, 2.75) is 136 Å². The zero-order chi connectivity index (χ0) is 27.8. The summed E-state index contributed by atoms with van der Waals surface area (Å²) in [5.74, 6) is 0.510. The van der Waals surface area contributed by atoms with Gasteiger partial charge < -0.3 is 0 Å². The van der Waals surface area contributed by atoms with E-state index < -0.39 is 0 Å². The topological polar surface area (TPSA) is 8.81 Å². The minimum atomic E-state index is -0.0108. The van der Waals surface area contributed by atoms with Crippen LogP contribution in [0.5, 0.6) is 0 Å². The van der Waals surface area contributed by atoms with Gasteiger partial charge in [0.1, 0.15) is 18.4 Å². The molecule has 2 atom stereocenters. The first-order valence-electron chi connectivity index (χ1n) is 16.2. The Hall–Kier alpha value is -2.35. The Morgan fingerprint density at radius 2 is 1.21 bits per heavy atom. The Bertz CT molecular complexity index is 1010. The summed E-state index contributed by atoms with van der Waals surface area (Å²) in [6, 6.07) is 22.6. The number of aromatic nitrogens is 2. The Morgan fingerprint density at radius 3 is 1.74 bits per heavy atom. The predicted molar refractivity (Wildman–Crippen MR) is 168 cm³/mol. The first-order valence-corrected chi connectivity index (χ1v) is 16.2. The quantitative estimate of drug-likeness (QED) is 0.102. The van der Waals surface area contributed by atoms with Crippen LogP contribution in [0.15, 0.2) is 79.4 Å². The molecule has 0 spiro atoms. The molecule has 0 radical (unpaired) electrons. The summed E-state index contributed by atoms with van der Waals surface area (Å²) in [6.07, 6.45) is 26.3. The molecular weight excluding hydrogens is 472 g/mol. The second kappa shape index (κ2) is 17.4. The van der Waals surface area contributed by atoms with Crippen molar-refractivity contribution in [2.75, 3.05) is 0 Å². The predicted octanol–water partition coefficient (Wildman–Crippen LogP) is 10.3. The van der Waals surface area contributed by atoms with E-state index in [2.05, 4.69) is 116 Å². The van der Waals surface area contributed by atoms with Crippen molar-refractivity contribution < 1.29 is 4.57 Å². The van der Waals surface area contributed by atoms with E-state index in [1.54, 1.807) is 0 Å². The smallest absolute Gasteiger partial charge is 0.237 e. The fourth-order valence-corrected chi connectivity index (χ4v) is 6.64. The largest absolute Gasteiger partial charge is 0.244 e. The van der Waals surface area contributed by atoms with Crippen molar-refractivity contribution in [3.63, 3.8) is 0 Å². The highest BCUT2D eigenvalue weighted by atomic mass is 15.1. The van der Waals surface area contributed by atoms with Gasteiger partial charge in [0, 0.05) is 5.41 Å². The number of aryl methyl sites for hydroxylation is 1.